The number of benzene rings is 1. The topological polar surface area (TPSA) is 93.9 Å². The molecule has 1 atom stereocenters. The predicted octanol–water partition coefficient (Wildman–Crippen LogP) is 0.758. The molecule has 118 valence electrons. The van der Waals surface area contributed by atoms with Gasteiger partial charge in [0.25, 0.3) is 5.91 Å². The third-order valence-corrected chi connectivity index (χ3v) is 5.90. The summed E-state index contributed by atoms with van der Waals surface area (Å²) in [6.07, 6.45) is 0.440. The van der Waals surface area contributed by atoms with Gasteiger partial charge in [0, 0.05) is 12.1 Å². The molecular weight excluding hydrogens is 304 g/mol. The van der Waals surface area contributed by atoms with E-state index >= 15 is 0 Å². The van der Waals surface area contributed by atoms with Crippen LogP contribution in [0.15, 0.2) is 18.2 Å². The van der Waals surface area contributed by atoms with E-state index in [9.17, 15) is 13.2 Å². The Balaban J connectivity index is 1.83. The van der Waals surface area contributed by atoms with Crippen LogP contribution in [0, 0.1) is 0 Å². The largest absolute Gasteiger partial charge is 0.346 e. The maximum absolute atomic E-state index is 12.4. The summed E-state index contributed by atoms with van der Waals surface area (Å²) >= 11 is 0. The fourth-order valence-electron chi connectivity index (χ4n) is 2.80. The molecule has 3 rings (SSSR count). The minimum Gasteiger partial charge on any atom is -0.346 e. The second kappa shape index (κ2) is 5.05. The van der Waals surface area contributed by atoms with Crippen LogP contribution in [0.5, 0.6) is 0 Å². The van der Waals surface area contributed by atoms with Gasteiger partial charge in [-0.25, -0.2) is 13.1 Å². The Labute approximate surface area is 128 Å². The van der Waals surface area contributed by atoms with E-state index in [1.165, 1.54) is 0 Å². The molecule has 1 fully saturated rings. The molecule has 1 unspecified atom stereocenters. The van der Waals surface area contributed by atoms with Gasteiger partial charge in [-0.05, 0) is 38.5 Å². The Morgan fingerprint density at radius 3 is 2.86 bits per heavy atom. The third kappa shape index (κ3) is 2.70. The van der Waals surface area contributed by atoms with E-state index in [0.29, 0.717) is 24.0 Å². The molecule has 2 aromatic rings. The Morgan fingerprint density at radius 1 is 1.45 bits per heavy atom. The van der Waals surface area contributed by atoms with E-state index in [2.05, 4.69) is 15.6 Å². The minimum atomic E-state index is -3.06. The smallest absolute Gasteiger partial charge is 0.251 e. The number of nitrogens with one attached hydrogen (secondary N) is 1. The van der Waals surface area contributed by atoms with E-state index in [4.69, 9.17) is 0 Å². The highest BCUT2D eigenvalue weighted by atomic mass is 32.2. The van der Waals surface area contributed by atoms with Crippen molar-refractivity contribution in [3.63, 3.8) is 0 Å². The monoisotopic (exact) mass is 322 g/mol. The average molecular weight is 322 g/mol. The highest BCUT2D eigenvalue weighted by Crippen LogP contribution is 2.23. The van der Waals surface area contributed by atoms with Crippen molar-refractivity contribution in [3.05, 3.63) is 23.8 Å². The maximum Gasteiger partial charge on any atom is 0.251 e. The molecule has 1 aromatic carbocycles. The number of hydrogen-bond acceptors (Lipinski definition) is 5. The molecular formula is C14H18N4O3S. The number of amides is 1. The highest BCUT2D eigenvalue weighted by molar-refractivity contribution is 7.91. The lowest BCUT2D eigenvalue weighted by atomic mass is 10.0. The number of hydrogen-bond donors (Lipinski definition) is 1. The number of sulfone groups is 1. The van der Waals surface area contributed by atoms with E-state index in [0.717, 1.165) is 5.52 Å². The van der Waals surface area contributed by atoms with Crippen molar-refractivity contribution in [3.8, 4) is 0 Å². The number of aryl methyl sites for hydroxylation is 1. The molecule has 0 spiro atoms. The first-order valence-corrected chi connectivity index (χ1v) is 9.00. The molecule has 0 radical (unpaired) electrons. The van der Waals surface area contributed by atoms with Crippen LogP contribution in [-0.4, -0.2) is 46.4 Å². The summed E-state index contributed by atoms with van der Waals surface area (Å²) in [5, 5.41) is 10.9. The summed E-state index contributed by atoms with van der Waals surface area (Å²) < 4.78 is 25.0. The van der Waals surface area contributed by atoms with Crippen LogP contribution in [0.25, 0.3) is 11.0 Å². The summed E-state index contributed by atoms with van der Waals surface area (Å²) in [6, 6.07) is 5.19. The van der Waals surface area contributed by atoms with Crippen molar-refractivity contribution < 1.29 is 13.2 Å². The number of nitrogens with zero attached hydrogens (tertiary/aromatic N) is 3. The summed E-state index contributed by atoms with van der Waals surface area (Å²) in [4.78, 5) is 12.4. The maximum atomic E-state index is 12.4. The predicted molar refractivity (Wildman–Crippen MR) is 82.3 cm³/mol. The van der Waals surface area contributed by atoms with Gasteiger partial charge in [-0.15, -0.1) is 5.10 Å². The van der Waals surface area contributed by atoms with Crippen LogP contribution >= 0.6 is 0 Å². The molecule has 1 aromatic heterocycles. The molecule has 8 heteroatoms. The SMILES string of the molecule is CCn1nnc2cc(C(=O)NC3(C)CCS(=O)(=O)C3)ccc21. The van der Waals surface area contributed by atoms with Crippen LogP contribution in [0.4, 0.5) is 0 Å². The number of rotatable bonds is 3. The quantitative estimate of drug-likeness (QED) is 0.900. The van der Waals surface area contributed by atoms with Gasteiger partial charge in [0.05, 0.1) is 22.6 Å². The zero-order chi connectivity index (χ0) is 16.0. The van der Waals surface area contributed by atoms with Crippen molar-refractivity contribution in [1.82, 2.24) is 20.3 Å². The van der Waals surface area contributed by atoms with Gasteiger partial charge < -0.3 is 5.32 Å². The molecule has 0 aliphatic carbocycles. The average Bonchev–Trinajstić information content (AvgIpc) is 2.98. The molecule has 1 amide bonds. The van der Waals surface area contributed by atoms with Crippen molar-refractivity contribution in [2.24, 2.45) is 0 Å². The summed E-state index contributed by atoms with van der Waals surface area (Å²) in [5.41, 5.74) is 1.28. The minimum absolute atomic E-state index is 0.0139. The van der Waals surface area contributed by atoms with E-state index < -0.39 is 15.4 Å². The van der Waals surface area contributed by atoms with Gasteiger partial charge in [0.1, 0.15) is 5.52 Å². The van der Waals surface area contributed by atoms with E-state index in [-0.39, 0.29) is 17.4 Å². The molecule has 0 saturated carbocycles. The number of aromatic nitrogens is 3. The Kier molecular flexibility index (Phi) is 3.43. The Hall–Kier alpha value is -1.96. The lowest BCUT2D eigenvalue weighted by Gasteiger charge is -2.23. The van der Waals surface area contributed by atoms with Crippen molar-refractivity contribution >= 4 is 26.8 Å². The zero-order valence-corrected chi connectivity index (χ0v) is 13.4. The summed E-state index contributed by atoms with van der Waals surface area (Å²) in [5.74, 6) is -0.180. The van der Waals surface area contributed by atoms with Crippen molar-refractivity contribution in [2.75, 3.05) is 11.5 Å². The van der Waals surface area contributed by atoms with Gasteiger partial charge in [-0.2, -0.15) is 0 Å². The number of fused-ring (bicyclic) bond motifs is 1. The first-order valence-electron chi connectivity index (χ1n) is 7.18. The highest BCUT2D eigenvalue weighted by Gasteiger charge is 2.39. The van der Waals surface area contributed by atoms with E-state index in [1.54, 1.807) is 23.7 Å². The molecule has 2 heterocycles. The second-order valence-corrected chi connectivity index (χ2v) is 8.15. The van der Waals surface area contributed by atoms with Gasteiger partial charge in [-0.1, -0.05) is 5.21 Å². The van der Waals surface area contributed by atoms with Crippen LogP contribution in [0.2, 0.25) is 0 Å². The lowest BCUT2D eigenvalue weighted by molar-refractivity contribution is 0.0915. The summed E-state index contributed by atoms with van der Waals surface area (Å²) in [7, 11) is -3.06. The van der Waals surface area contributed by atoms with Crippen LogP contribution in [-0.2, 0) is 16.4 Å². The number of carbonyl (C=O) groups is 1. The van der Waals surface area contributed by atoms with Gasteiger partial charge >= 0.3 is 0 Å². The first kappa shape index (κ1) is 15.0. The standard InChI is InChI=1S/C14H18N4O3S/c1-3-18-12-5-4-10(8-11(12)16-17-18)13(19)15-14(2)6-7-22(20,21)9-14/h4-5,8H,3,6-7,9H2,1-2H3,(H,15,19). The second-order valence-electron chi connectivity index (χ2n) is 5.97. The normalized spacial score (nSPS) is 23.7. The van der Waals surface area contributed by atoms with Crippen LogP contribution < -0.4 is 5.32 Å². The van der Waals surface area contributed by atoms with Crippen molar-refractivity contribution in [1.29, 1.82) is 0 Å². The van der Waals surface area contributed by atoms with E-state index in [1.807, 2.05) is 13.0 Å². The zero-order valence-electron chi connectivity index (χ0n) is 12.5. The van der Waals surface area contributed by atoms with Gasteiger partial charge in [0.2, 0.25) is 0 Å². The molecule has 22 heavy (non-hydrogen) atoms. The molecule has 0 bridgehead atoms. The van der Waals surface area contributed by atoms with Crippen LogP contribution in [0.3, 0.4) is 0 Å². The summed E-state index contributed by atoms with van der Waals surface area (Å²) in [6.45, 7) is 4.44. The lowest BCUT2D eigenvalue weighted by Crippen LogP contribution is -2.46. The Morgan fingerprint density at radius 2 is 2.23 bits per heavy atom. The molecule has 1 aliphatic heterocycles. The molecule has 1 saturated heterocycles. The molecule has 1 aliphatic rings. The fraction of sp³-hybridized carbons (Fsp3) is 0.500. The van der Waals surface area contributed by atoms with Crippen molar-refractivity contribution in [2.45, 2.75) is 32.4 Å². The van der Waals surface area contributed by atoms with Gasteiger partial charge in [0.15, 0.2) is 9.84 Å². The first-order chi connectivity index (χ1) is 10.3. The Bertz CT molecular complexity index is 843. The molecule has 7 nitrogen and oxygen atoms in total. The van der Waals surface area contributed by atoms with Gasteiger partial charge in [-0.3, -0.25) is 4.79 Å². The third-order valence-electron chi connectivity index (χ3n) is 3.99. The number of carbonyl (C=O) groups excluding carboxylic acids is 1. The molecule has 1 N–H and O–H groups in total. The van der Waals surface area contributed by atoms with Crippen LogP contribution in [0.1, 0.15) is 30.6 Å². The fourth-order valence-corrected chi connectivity index (χ4v) is 4.90.